The quantitative estimate of drug-likeness (QED) is 0.637. The number of aromatic nitrogens is 3. The molecule has 0 saturated heterocycles. The minimum Gasteiger partial charge on any atom is -0.468 e. The lowest BCUT2D eigenvalue weighted by Gasteiger charge is -2.14. The van der Waals surface area contributed by atoms with Crippen LogP contribution in [0.25, 0.3) is 11.1 Å². The Kier molecular flexibility index (Phi) is 6.29. The van der Waals surface area contributed by atoms with Crippen LogP contribution in [0.15, 0.2) is 48.9 Å². The Balaban J connectivity index is 1.89. The van der Waals surface area contributed by atoms with Crippen LogP contribution in [0.2, 0.25) is 0 Å². The van der Waals surface area contributed by atoms with E-state index < -0.39 is 18.7 Å². The van der Waals surface area contributed by atoms with E-state index in [1.54, 1.807) is 24.5 Å². The number of aryl methyl sites for hydroxylation is 1. The second-order valence-electron chi connectivity index (χ2n) is 6.80. The van der Waals surface area contributed by atoms with Gasteiger partial charge in [0.1, 0.15) is 5.82 Å². The van der Waals surface area contributed by atoms with E-state index in [-0.39, 0.29) is 12.3 Å². The number of benzene rings is 1. The number of rotatable bonds is 7. The molecule has 2 aromatic heterocycles. The van der Waals surface area contributed by atoms with Crippen molar-refractivity contribution in [2.75, 3.05) is 6.61 Å². The summed E-state index contributed by atoms with van der Waals surface area (Å²) in [6, 6.07) is 9.09. The van der Waals surface area contributed by atoms with Gasteiger partial charge in [0.05, 0.1) is 6.42 Å². The molecule has 0 bridgehead atoms. The van der Waals surface area contributed by atoms with E-state index in [1.165, 1.54) is 6.20 Å². The van der Waals surface area contributed by atoms with Gasteiger partial charge in [-0.3, -0.25) is 4.79 Å². The Hall–Kier alpha value is -3.49. The molecule has 0 radical (unpaired) electrons. The molecule has 3 aromatic rings. The number of amides is 1. The molecule has 1 aromatic carbocycles. The molecule has 156 valence electrons. The number of carbonyl (C=O) groups is 1. The number of halogens is 3. The lowest BCUT2D eigenvalue weighted by Crippen LogP contribution is -2.20. The van der Waals surface area contributed by atoms with Crippen LogP contribution >= 0.6 is 0 Å². The average Bonchev–Trinajstić information content (AvgIpc) is 2.67. The van der Waals surface area contributed by atoms with Crippen molar-refractivity contribution in [2.45, 2.75) is 25.9 Å². The third-order valence-corrected chi connectivity index (χ3v) is 4.11. The standard InChI is InChI=1S/C21H19F3N4O2/c1-13-3-2-4-16(5-13)17-7-14(9-28-20(17)30-12-21(22,23)24)6-15-10-26-19(27-11-15)8-18(25)29/h2-5,7,9-11H,6,8,12H2,1H3,(H2,25,29). The fourth-order valence-corrected chi connectivity index (χ4v) is 2.83. The SMILES string of the molecule is Cc1cccc(-c2cc(Cc3cnc(CC(N)=O)nc3)cnc2OCC(F)(F)F)c1. The van der Waals surface area contributed by atoms with Gasteiger partial charge in [-0.25, -0.2) is 15.0 Å². The predicted molar refractivity (Wildman–Crippen MR) is 104 cm³/mol. The van der Waals surface area contributed by atoms with Crippen LogP contribution in [-0.2, 0) is 17.6 Å². The van der Waals surface area contributed by atoms with Gasteiger partial charge in [-0.05, 0) is 29.7 Å². The normalized spacial score (nSPS) is 11.3. The Labute approximate surface area is 171 Å². The molecule has 0 atom stereocenters. The Bertz CT molecular complexity index is 1040. The lowest BCUT2D eigenvalue weighted by atomic mass is 10.0. The number of hydrogen-bond donors (Lipinski definition) is 1. The molecule has 0 spiro atoms. The van der Waals surface area contributed by atoms with Crippen LogP contribution < -0.4 is 10.5 Å². The van der Waals surface area contributed by atoms with Gasteiger partial charge in [0, 0.05) is 30.6 Å². The van der Waals surface area contributed by atoms with Gasteiger partial charge in [-0.1, -0.05) is 29.8 Å². The second-order valence-corrected chi connectivity index (χ2v) is 6.80. The molecule has 0 fully saturated rings. The summed E-state index contributed by atoms with van der Waals surface area (Å²) in [4.78, 5) is 23.3. The Morgan fingerprint density at radius 1 is 1.07 bits per heavy atom. The lowest BCUT2D eigenvalue weighted by molar-refractivity contribution is -0.154. The molecule has 9 heteroatoms. The molecule has 0 aliphatic heterocycles. The number of alkyl halides is 3. The highest BCUT2D eigenvalue weighted by molar-refractivity contribution is 5.75. The molecule has 0 unspecified atom stereocenters. The smallest absolute Gasteiger partial charge is 0.422 e. The average molecular weight is 416 g/mol. The van der Waals surface area contributed by atoms with Crippen molar-refractivity contribution in [3.05, 3.63) is 71.4 Å². The van der Waals surface area contributed by atoms with Crippen LogP contribution in [0, 0.1) is 6.92 Å². The van der Waals surface area contributed by atoms with Crippen molar-refractivity contribution in [2.24, 2.45) is 5.73 Å². The van der Waals surface area contributed by atoms with Crippen molar-refractivity contribution in [1.29, 1.82) is 0 Å². The van der Waals surface area contributed by atoms with Gasteiger partial charge in [-0.15, -0.1) is 0 Å². The number of nitrogens with zero attached hydrogens (tertiary/aromatic N) is 3. The summed E-state index contributed by atoms with van der Waals surface area (Å²) in [7, 11) is 0. The molecular formula is C21H19F3N4O2. The van der Waals surface area contributed by atoms with E-state index in [0.29, 0.717) is 23.4 Å². The van der Waals surface area contributed by atoms with Crippen molar-refractivity contribution in [1.82, 2.24) is 15.0 Å². The van der Waals surface area contributed by atoms with Crippen molar-refractivity contribution < 1.29 is 22.7 Å². The molecule has 30 heavy (non-hydrogen) atoms. The molecule has 2 heterocycles. The van der Waals surface area contributed by atoms with Gasteiger partial charge < -0.3 is 10.5 Å². The molecule has 3 rings (SSSR count). The number of nitrogens with two attached hydrogens (primary N) is 1. The number of ether oxygens (including phenoxy) is 1. The summed E-state index contributed by atoms with van der Waals surface area (Å²) in [6.45, 7) is 0.468. The van der Waals surface area contributed by atoms with Crippen LogP contribution in [0.4, 0.5) is 13.2 Å². The van der Waals surface area contributed by atoms with Crippen molar-refractivity contribution >= 4 is 5.91 Å². The fourth-order valence-electron chi connectivity index (χ4n) is 2.83. The predicted octanol–water partition coefficient (Wildman–Crippen LogP) is 3.41. The number of hydrogen-bond acceptors (Lipinski definition) is 5. The third-order valence-electron chi connectivity index (χ3n) is 4.11. The highest BCUT2D eigenvalue weighted by Gasteiger charge is 2.29. The summed E-state index contributed by atoms with van der Waals surface area (Å²) in [5.74, 6) is -0.292. The minimum atomic E-state index is -4.46. The summed E-state index contributed by atoms with van der Waals surface area (Å²) in [5, 5.41) is 0. The van der Waals surface area contributed by atoms with E-state index in [9.17, 15) is 18.0 Å². The first-order valence-corrected chi connectivity index (χ1v) is 9.03. The maximum Gasteiger partial charge on any atom is 0.422 e. The molecule has 0 aliphatic carbocycles. The van der Waals surface area contributed by atoms with Gasteiger partial charge >= 0.3 is 6.18 Å². The fraction of sp³-hybridized carbons (Fsp3) is 0.238. The number of carbonyl (C=O) groups excluding carboxylic acids is 1. The zero-order chi connectivity index (χ0) is 21.7. The van der Waals surface area contributed by atoms with Crippen molar-refractivity contribution in [3.8, 4) is 17.0 Å². The minimum absolute atomic E-state index is 0.0510. The van der Waals surface area contributed by atoms with E-state index in [4.69, 9.17) is 10.5 Å². The third kappa shape index (κ3) is 6.00. The number of primary amides is 1. The van der Waals surface area contributed by atoms with Crippen LogP contribution in [0.3, 0.4) is 0 Å². The zero-order valence-electron chi connectivity index (χ0n) is 16.1. The largest absolute Gasteiger partial charge is 0.468 e. The van der Waals surface area contributed by atoms with Gasteiger partial charge in [0.15, 0.2) is 6.61 Å². The summed E-state index contributed by atoms with van der Waals surface area (Å²) >= 11 is 0. The van der Waals surface area contributed by atoms with Crippen LogP contribution in [0.1, 0.15) is 22.5 Å². The van der Waals surface area contributed by atoms with Crippen LogP contribution in [0.5, 0.6) is 5.88 Å². The van der Waals surface area contributed by atoms with Crippen LogP contribution in [-0.4, -0.2) is 33.6 Å². The first kappa shape index (κ1) is 21.2. The van der Waals surface area contributed by atoms with E-state index in [2.05, 4.69) is 15.0 Å². The molecule has 1 amide bonds. The van der Waals surface area contributed by atoms with Crippen molar-refractivity contribution in [3.63, 3.8) is 0 Å². The maximum absolute atomic E-state index is 12.6. The van der Waals surface area contributed by atoms with E-state index in [1.807, 2.05) is 25.1 Å². The van der Waals surface area contributed by atoms with E-state index in [0.717, 1.165) is 16.7 Å². The number of pyridine rings is 1. The highest BCUT2D eigenvalue weighted by atomic mass is 19.4. The summed E-state index contributed by atoms with van der Waals surface area (Å²) < 4.78 is 42.8. The molecule has 0 aliphatic rings. The van der Waals surface area contributed by atoms with Gasteiger partial charge in [0.25, 0.3) is 0 Å². The zero-order valence-corrected chi connectivity index (χ0v) is 16.1. The maximum atomic E-state index is 12.6. The molecule has 6 nitrogen and oxygen atoms in total. The summed E-state index contributed by atoms with van der Waals surface area (Å²) in [6.07, 6.45) is 0.501. The first-order valence-electron chi connectivity index (χ1n) is 9.03. The monoisotopic (exact) mass is 416 g/mol. The molecular weight excluding hydrogens is 397 g/mol. The second kappa shape index (κ2) is 8.89. The summed E-state index contributed by atoms with van der Waals surface area (Å²) in [5.41, 5.74) is 8.75. The molecule has 2 N–H and O–H groups in total. The molecule has 0 saturated carbocycles. The highest BCUT2D eigenvalue weighted by Crippen LogP contribution is 2.31. The van der Waals surface area contributed by atoms with Gasteiger partial charge in [-0.2, -0.15) is 13.2 Å². The Morgan fingerprint density at radius 3 is 2.40 bits per heavy atom. The topological polar surface area (TPSA) is 91.0 Å². The first-order chi connectivity index (χ1) is 14.2. The Morgan fingerprint density at radius 2 is 1.77 bits per heavy atom. The van der Waals surface area contributed by atoms with Gasteiger partial charge in [0.2, 0.25) is 11.8 Å². The van der Waals surface area contributed by atoms with E-state index >= 15 is 0 Å².